The van der Waals surface area contributed by atoms with E-state index >= 15 is 0 Å². The summed E-state index contributed by atoms with van der Waals surface area (Å²) in [5.41, 5.74) is 0.733. The first-order valence-corrected chi connectivity index (χ1v) is 6.53. The standard InChI is InChI=1S/C9H11ClNO4P/c10-6-9(12)11-16(13,14)15-7-8-4-2-1-3-5-8/h1-5H,6-7H2,(H2,11,12,13,14). The van der Waals surface area contributed by atoms with Crippen LogP contribution in [0.4, 0.5) is 0 Å². The van der Waals surface area contributed by atoms with E-state index in [-0.39, 0.29) is 12.5 Å². The summed E-state index contributed by atoms with van der Waals surface area (Å²) in [6, 6.07) is 8.85. The Labute approximate surface area is 98.0 Å². The first kappa shape index (κ1) is 13.2. The van der Waals surface area contributed by atoms with Crippen LogP contribution in [0.25, 0.3) is 0 Å². The van der Waals surface area contributed by atoms with Gasteiger partial charge >= 0.3 is 7.75 Å². The number of amides is 1. The molecule has 0 radical (unpaired) electrons. The Kier molecular flexibility index (Phi) is 4.96. The molecule has 0 aromatic heterocycles. The van der Waals surface area contributed by atoms with Gasteiger partial charge in [0.25, 0.3) is 0 Å². The minimum atomic E-state index is -4.11. The van der Waals surface area contributed by atoms with Crippen molar-refractivity contribution in [2.24, 2.45) is 0 Å². The maximum absolute atomic E-state index is 11.3. The van der Waals surface area contributed by atoms with Crippen molar-refractivity contribution in [2.45, 2.75) is 6.61 Å². The maximum atomic E-state index is 11.3. The number of carbonyl (C=O) groups excluding carboxylic acids is 1. The molecular formula is C9H11ClNO4P. The highest BCUT2D eigenvalue weighted by Gasteiger charge is 2.21. The van der Waals surface area contributed by atoms with Crippen LogP contribution >= 0.6 is 19.3 Å². The van der Waals surface area contributed by atoms with Gasteiger partial charge in [0.2, 0.25) is 5.91 Å². The zero-order valence-electron chi connectivity index (χ0n) is 8.30. The molecule has 1 atom stereocenters. The van der Waals surface area contributed by atoms with Gasteiger partial charge in [-0.2, -0.15) is 0 Å². The van der Waals surface area contributed by atoms with Gasteiger partial charge in [-0.15, -0.1) is 11.6 Å². The molecule has 0 aliphatic carbocycles. The van der Waals surface area contributed by atoms with Crippen LogP contribution in [0.1, 0.15) is 5.56 Å². The topological polar surface area (TPSA) is 75.6 Å². The summed E-state index contributed by atoms with van der Waals surface area (Å²) in [5.74, 6) is -1.14. The lowest BCUT2D eigenvalue weighted by atomic mass is 10.2. The van der Waals surface area contributed by atoms with E-state index in [4.69, 9.17) is 16.1 Å². The van der Waals surface area contributed by atoms with Crippen LogP contribution in [0.5, 0.6) is 0 Å². The number of rotatable bonds is 5. The predicted molar refractivity (Wildman–Crippen MR) is 59.9 cm³/mol. The minimum absolute atomic E-state index is 0.0583. The highest BCUT2D eigenvalue weighted by Crippen LogP contribution is 2.37. The molecule has 0 saturated heterocycles. The summed E-state index contributed by atoms with van der Waals surface area (Å²) in [7, 11) is -4.11. The maximum Gasteiger partial charge on any atom is 0.432 e. The molecule has 0 aliphatic heterocycles. The van der Waals surface area contributed by atoms with E-state index in [0.29, 0.717) is 0 Å². The average molecular weight is 264 g/mol. The van der Waals surface area contributed by atoms with E-state index in [1.165, 1.54) is 0 Å². The molecule has 88 valence electrons. The summed E-state index contributed by atoms with van der Waals surface area (Å²) < 4.78 is 16.0. The van der Waals surface area contributed by atoms with Gasteiger partial charge in [0.05, 0.1) is 6.61 Å². The number of alkyl halides is 1. The smallest absolute Gasteiger partial charge is 0.308 e. The van der Waals surface area contributed by atoms with E-state index < -0.39 is 13.7 Å². The molecule has 1 aromatic carbocycles. The fraction of sp³-hybridized carbons (Fsp3) is 0.222. The van der Waals surface area contributed by atoms with Crippen LogP contribution in [0.2, 0.25) is 0 Å². The monoisotopic (exact) mass is 263 g/mol. The van der Waals surface area contributed by atoms with Crippen LogP contribution < -0.4 is 5.09 Å². The van der Waals surface area contributed by atoms with Gasteiger partial charge in [0.15, 0.2) is 0 Å². The summed E-state index contributed by atoms with van der Waals surface area (Å²) in [6.07, 6.45) is 0. The quantitative estimate of drug-likeness (QED) is 0.626. The van der Waals surface area contributed by atoms with E-state index in [1.54, 1.807) is 29.4 Å². The second kappa shape index (κ2) is 6.01. The van der Waals surface area contributed by atoms with Crippen molar-refractivity contribution in [1.82, 2.24) is 5.09 Å². The fourth-order valence-corrected chi connectivity index (χ4v) is 1.90. The Bertz CT molecular complexity index is 398. The number of hydrogen-bond donors (Lipinski definition) is 2. The van der Waals surface area contributed by atoms with Crippen molar-refractivity contribution >= 4 is 25.3 Å². The number of nitrogens with one attached hydrogen (secondary N) is 1. The third-order valence-electron chi connectivity index (χ3n) is 1.64. The molecule has 0 bridgehead atoms. The third-order valence-corrected chi connectivity index (χ3v) is 2.89. The van der Waals surface area contributed by atoms with Gasteiger partial charge in [-0.25, -0.2) is 4.57 Å². The molecule has 1 amide bonds. The number of hydrogen-bond acceptors (Lipinski definition) is 3. The molecule has 0 spiro atoms. The van der Waals surface area contributed by atoms with Crippen LogP contribution in [0.3, 0.4) is 0 Å². The van der Waals surface area contributed by atoms with Gasteiger partial charge in [-0.3, -0.25) is 14.4 Å². The molecule has 0 heterocycles. The van der Waals surface area contributed by atoms with Crippen LogP contribution in [0, 0.1) is 0 Å². The lowest BCUT2D eigenvalue weighted by molar-refractivity contribution is -0.117. The zero-order valence-corrected chi connectivity index (χ0v) is 9.95. The molecule has 16 heavy (non-hydrogen) atoms. The molecule has 7 heteroatoms. The Morgan fingerprint density at radius 2 is 2.06 bits per heavy atom. The van der Waals surface area contributed by atoms with E-state index in [9.17, 15) is 14.3 Å². The molecule has 5 nitrogen and oxygen atoms in total. The predicted octanol–water partition coefficient (Wildman–Crippen LogP) is 1.66. The van der Waals surface area contributed by atoms with Crippen molar-refractivity contribution in [3.05, 3.63) is 35.9 Å². The lowest BCUT2D eigenvalue weighted by Gasteiger charge is -2.12. The SMILES string of the molecule is O=C(CCl)NP(=O)(O)OCc1ccccc1. The van der Waals surface area contributed by atoms with Gasteiger partial charge in [0, 0.05) is 0 Å². The summed E-state index contributed by atoms with van der Waals surface area (Å²) in [6.45, 7) is -0.0583. The van der Waals surface area contributed by atoms with E-state index in [1.807, 2.05) is 6.07 Å². The summed E-state index contributed by atoms with van der Waals surface area (Å²) in [4.78, 5) is 20.0. The van der Waals surface area contributed by atoms with Crippen LogP contribution in [0.15, 0.2) is 30.3 Å². The van der Waals surface area contributed by atoms with Gasteiger partial charge in [0.1, 0.15) is 5.88 Å². The lowest BCUT2D eigenvalue weighted by Crippen LogP contribution is -2.22. The zero-order chi connectivity index (χ0) is 12.0. The van der Waals surface area contributed by atoms with Crippen LogP contribution in [-0.2, 0) is 20.5 Å². The molecular weight excluding hydrogens is 253 g/mol. The molecule has 0 saturated carbocycles. The minimum Gasteiger partial charge on any atom is -0.308 e. The van der Waals surface area contributed by atoms with E-state index in [2.05, 4.69) is 0 Å². The van der Waals surface area contributed by atoms with Crippen molar-refractivity contribution in [1.29, 1.82) is 0 Å². The Balaban J connectivity index is 2.48. The largest absolute Gasteiger partial charge is 0.432 e. The van der Waals surface area contributed by atoms with Gasteiger partial charge in [-0.1, -0.05) is 30.3 Å². The third kappa shape index (κ3) is 4.77. The second-order valence-corrected chi connectivity index (χ2v) is 4.74. The van der Waals surface area contributed by atoms with E-state index in [0.717, 1.165) is 5.56 Å². The molecule has 0 aliphatic rings. The molecule has 0 fully saturated rings. The Hall–Kier alpha value is -0.870. The second-order valence-electron chi connectivity index (χ2n) is 2.95. The highest BCUT2D eigenvalue weighted by atomic mass is 35.5. The number of carbonyl (C=O) groups is 1. The molecule has 1 aromatic rings. The molecule has 1 unspecified atom stereocenters. The first-order valence-electron chi connectivity index (χ1n) is 4.42. The Morgan fingerprint density at radius 1 is 1.44 bits per heavy atom. The summed E-state index contributed by atoms with van der Waals surface area (Å²) >= 11 is 5.18. The van der Waals surface area contributed by atoms with Crippen LogP contribution in [-0.4, -0.2) is 16.7 Å². The first-order chi connectivity index (χ1) is 7.53. The number of benzene rings is 1. The van der Waals surface area contributed by atoms with Gasteiger partial charge < -0.3 is 4.89 Å². The van der Waals surface area contributed by atoms with Gasteiger partial charge in [-0.05, 0) is 5.56 Å². The van der Waals surface area contributed by atoms with Crippen molar-refractivity contribution in [2.75, 3.05) is 5.88 Å². The van der Waals surface area contributed by atoms with Crippen molar-refractivity contribution < 1.29 is 18.8 Å². The molecule has 1 rings (SSSR count). The fourth-order valence-electron chi connectivity index (χ4n) is 0.956. The summed E-state index contributed by atoms with van der Waals surface area (Å²) in [5, 5.41) is 1.79. The molecule has 2 N–H and O–H groups in total. The normalized spacial score (nSPS) is 14.1. The van der Waals surface area contributed by atoms with Crippen molar-refractivity contribution in [3.8, 4) is 0 Å². The Morgan fingerprint density at radius 3 is 2.62 bits per heavy atom. The number of halogens is 1. The van der Waals surface area contributed by atoms with Crippen molar-refractivity contribution in [3.63, 3.8) is 0 Å². The highest BCUT2D eigenvalue weighted by molar-refractivity contribution is 7.51. The average Bonchev–Trinajstić information content (AvgIpc) is 2.27.